The van der Waals surface area contributed by atoms with Crippen LogP contribution in [0.2, 0.25) is 0 Å². The minimum absolute atomic E-state index is 0. The predicted molar refractivity (Wildman–Crippen MR) is 114 cm³/mol. The van der Waals surface area contributed by atoms with Crippen LogP contribution in [0.5, 0.6) is 11.5 Å². The number of rotatable bonds is 4. The predicted octanol–water partition coefficient (Wildman–Crippen LogP) is 4.67. The fourth-order valence-electron chi connectivity index (χ4n) is 2.97. The number of nitrogens with zero attached hydrogens (tertiary/aromatic N) is 2. The molecule has 1 saturated carbocycles. The van der Waals surface area contributed by atoms with Crippen molar-refractivity contribution in [3.8, 4) is 11.5 Å². The molecule has 0 amide bonds. The van der Waals surface area contributed by atoms with E-state index in [1.54, 1.807) is 48.8 Å². The summed E-state index contributed by atoms with van der Waals surface area (Å²) in [6.45, 7) is 0. The number of para-hydroxylation sites is 2. The van der Waals surface area contributed by atoms with Crippen LogP contribution in [0.1, 0.15) is 36.8 Å². The summed E-state index contributed by atoms with van der Waals surface area (Å²) in [6, 6.07) is 13.9. The number of hydrogen-bond acceptors (Lipinski definition) is 4. The van der Waals surface area contributed by atoms with Crippen LogP contribution >= 0.6 is 34.8 Å². The molecule has 0 aromatic heterocycles. The number of benzene rings is 2. The van der Waals surface area contributed by atoms with Crippen molar-refractivity contribution in [3.63, 3.8) is 0 Å². The summed E-state index contributed by atoms with van der Waals surface area (Å²) in [5.74, 6) is -0.0326. The van der Waals surface area contributed by atoms with Crippen molar-refractivity contribution in [1.82, 2.24) is 0 Å². The maximum absolute atomic E-state index is 11.8. The molecule has 0 heterocycles. The molecule has 29 heavy (non-hydrogen) atoms. The van der Waals surface area contributed by atoms with Crippen molar-refractivity contribution in [1.29, 1.82) is 0 Å². The van der Waals surface area contributed by atoms with E-state index in [1.165, 1.54) is 0 Å². The van der Waals surface area contributed by atoms with Gasteiger partial charge in [-0.2, -0.15) is 0 Å². The summed E-state index contributed by atoms with van der Waals surface area (Å²) >= 11 is 14.4. The van der Waals surface area contributed by atoms with Crippen LogP contribution in [0, 0.1) is 0 Å². The summed E-state index contributed by atoms with van der Waals surface area (Å²) in [6.07, 6.45) is 7.48. The second-order valence-electron chi connectivity index (χ2n) is 6.30. The fourth-order valence-corrected chi connectivity index (χ4v) is 2.97. The van der Waals surface area contributed by atoms with Crippen LogP contribution in [0.3, 0.4) is 0 Å². The third kappa shape index (κ3) is 9.40. The normalized spacial score (nSPS) is 19.0. The molecule has 1 fully saturated rings. The number of alkyl halides is 3. The maximum Gasteiger partial charge on any atom is 2.00 e. The molecule has 0 unspecified atom stereocenters. The Morgan fingerprint density at radius 1 is 0.759 bits per heavy atom. The molecule has 158 valence electrons. The van der Waals surface area contributed by atoms with Crippen molar-refractivity contribution < 1.29 is 26.7 Å². The van der Waals surface area contributed by atoms with Crippen LogP contribution in [-0.4, -0.2) is 28.8 Å². The molecule has 0 saturated heterocycles. The zero-order valence-corrected chi connectivity index (χ0v) is 18.8. The minimum atomic E-state index is -0.750. The van der Waals surface area contributed by atoms with E-state index >= 15 is 0 Å². The summed E-state index contributed by atoms with van der Waals surface area (Å²) < 4.78 is -0.750. The van der Waals surface area contributed by atoms with Gasteiger partial charge in [-0.3, -0.25) is 9.98 Å². The molecule has 2 atom stereocenters. The monoisotopic (exact) mass is 496 g/mol. The molecule has 0 bridgehead atoms. The van der Waals surface area contributed by atoms with E-state index in [0.29, 0.717) is 11.1 Å². The van der Waals surface area contributed by atoms with Gasteiger partial charge in [-0.05, 0) is 24.0 Å². The van der Waals surface area contributed by atoms with Crippen molar-refractivity contribution in [3.05, 3.63) is 59.7 Å². The van der Waals surface area contributed by atoms with E-state index in [9.17, 15) is 10.2 Å². The number of halogens is 3. The summed E-state index contributed by atoms with van der Waals surface area (Å²) in [7, 11) is 0. The third-order valence-electron chi connectivity index (χ3n) is 4.34. The van der Waals surface area contributed by atoms with Crippen molar-refractivity contribution in [2.45, 2.75) is 42.1 Å². The molecule has 1 aliphatic carbocycles. The van der Waals surface area contributed by atoms with Crippen molar-refractivity contribution in [2.75, 3.05) is 0 Å². The van der Waals surface area contributed by atoms with E-state index in [2.05, 4.69) is 9.98 Å². The van der Waals surface area contributed by atoms with Crippen molar-refractivity contribution >= 4 is 47.2 Å². The molecule has 8 heteroatoms. The Hall–Kier alpha value is -1.26. The SMILES string of the molecule is ClC(Cl)Cl.[Ni+2].[O-]c1ccccc1C=N[C@@H]1CCCC[C@H]1N=Cc1ccccc1[O-]. The molecule has 2 aromatic rings. The molecular formula is C21H21Cl3N2NiO2. The second kappa shape index (κ2) is 13.9. The molecule has 2 aromatic carbocycles. The Morgan fingerprint density at radius 3 is 1.45 bits per heavy atom. The average Bonchev–Trinajstić information content (AvgIpc) is 2.67. The average molecular weight is 498 g/mol. The van der Waals surface area contributed by atoms with Crippen molar-refractivity contribution in [2.24, 2.45) is 9.98 Å². The van der Waals surface area contributed by atoms with Gasteiger partial charge in [-0.25, -0.2) is 0 Å². The topological polar surface area (TPSA) is 70.8 Å². The minimum Gasteiger partial charge on any atom is -0.872 e. The largest absolute Gasteiger partial charge is 2.00 e. The zero-order valence-electron chi connectivity index (χ0n) is 15.5. The summed E-state index contributed by atoms with van der Waals surface area (Å²) in [5, 5.41) is 23.5. The summed E-state index contributed by atoms with van der Waals surface area (Å²) in [5.41, 5.74) is 1.21. The van der Waals surface area contributed by atoms with E-state index in [1.807, 2.05) is 12.1 Å². The zero-order chi connectivity index (χ0) is 20.4. The van der Waals surface area contributed by atoms with Gasteiger partial charge in [-0.15, -0.1) is 11.5 Å². The van der Waals surface area contributed by atoms with Gasteiger partial charge in [-0.1, -0.05) is 96.2 Å². The van der Waals surface area contributed by atoms with Gasteiger partial charge in [0.25, 0.3) is 0 Å². The smallest absolute Gasteiger partial charge is 0.872 e. The van der Waals surface area contributed by atoms with Crippen LogP contribution in [0.25, 0.3) is 0 Å². The van der Waals surface area contributed by atoms with Crippen LogP contribution in [0.15, 0.2) is 58.5 Å². The van der Waals surface area contributed by atoms with Crippen LogP contribution in [-0.2, 0) is 16.5 Å². The first-order valence-corrected chi connectivity index (χ1v) is 10.3. The Morgan fingerprint density at radius 2 is 1.10 bits per heavy atom. The van der Waals surface area contributed by atoms with Gasteiger partial charge in [0, 0.05) is 12.4 Å². The molecule has 3 rings (SSSR count). The molecule has 0 N–H and O–H groups in total. The molecule has 0 spiro atoms. The van der Waals surface area contributed by atoms with E-state index in [4.69, 9.17) is 34.8 Å². The standard InChI is InChI=1S/C20H22N2O2.CHCl3.Ni/c23-19-11-5-1-7-15(19)13-21-17-9-3-4-10-18(17)22-14-16-8-2-6-12-20(16)24;2-1(3)4;/h1-2,5-8,11-14,17-18,23-24H,3-4,9-10H2;1H;/q;;+2/p-2/t17-,18-;;/m1../s1. The molecular weight excluding hydrogens is 477 g/mol. The Kier molecular flexibility index (Phi) is 12.3. The Labute approximate surface area is 196 Å². The van der Waals surface area contributed by atoms with Gasteiger partial charge in [0.2, 0.25) is 0 Å². The maximum atomic E-state index is 11.8. The Balaban J connectivity index is 0.000000771. The second-order valence-corrected chi connectivity index (χ2v) is 8.28. The van der Waals surface area contributed by atoms with Crippen LogP contribution < -0.4 is 10.2 Å². The van der Waals surface area contributed by atoms with Gasteiger partial charge in [0.15, 0.2) is 4.30 Å². The van der Waals surface area contributed by atoms with Gasteiger partial charge < -0.3 is 10.2 Å². The quantitative estimate of drug-likeness (QED) is 0.349. The van der Waals surface area contributed by atoms with Gasteiger partial charge in [0.1, 0.15) is 0 Å². The first-order valence-electron chi connectivity index (χ1n) is 8.98. The summed E-state index contributed by atoms with van der Waals surface area (Å²) in [4.78, 5) is 9.23. The van der Waals surface area contributed by atoms with Crippen LogP contribution in [0.4, 0.5) is 0 Å². The van der Waals surface area contributed by atoms with Gasteiger partial charge in [0.05, 0.1) is 12.1 Å². The molecule has 0 radical (unpaired) electrons. The number of hydrogen-bond donors (Lipinski definition) is 0. The fraction of sp³-hybridized carbons (Fsp3) is 0.333. The Bertz CT molecular complexity index is 737. The molecule has 0 aliphatic heterocycles. The molecule has 1 aliphatic rings. The third-order valence-corrected chi connectivity index (χ3v) is 4.34. The van der Waals surface area contributed by atoms with E-state index < -0.39 is 4.30 Å². The number of aliphatic imine (C=N–C) groups is 2. The van der Waals surface area contributed by atoms with Gasteiger partial charge >= 0.3 is 16.5 Å². The van der Waals surface area contributed by atoms with E-state index in [0.717, 1.165) is 25.7 Å². The molecule has 4 nitrogen and oxygen atoms in total. The first-order chi connectivity index (χ1) is 13.5. The first kappa shape index (κ1) is 25.8. The van der Waals surface area contributed by atoms with E-state index in [-0.39, 0.29) is 40.1 Å².